The lowest BCUT2D eigenvalue weighted by Crippen LogP contribution is -2.59. The molecule has 6 aromatic rings. The lowest BCUT2D eigenvalue weighted by Gasteiger charge is -2.36. The Hall–Kier alpha value is -12.4. The van der Waals surface area contributed by atoms with Crippen molar-refractivity contribution in [2.75, 3.05) is 71.0 Å². The normalized spacial score (nSPS) is 13.7. The van der Waals surface area contributed by atoms with Crippen molar-refractivity contribution in [1.82, 2.24) is 58.5 Å². The van der Waals surface area contributed by atoms with Crippen LogP contribution in [0, 0.1) is 16.2 Å². The van der Waals surface area contributed by atoms with E-state index in [1.165, 1.54) is 24.3 Å². The number of amides is 7. The highest BCUT2D eigenvalue weighted by Crippen LogP contribution is 2.57. The highest BCUT2D eigenvalue weighted by Gasteiger charge is 2.54. The minimum Gasteiger partial charge on any atom is -0.508 e. The third-order valence-electron chi connectivity index (χ3n) is 17.8. The van der Waals surface area contributed by atoms with E-state index in [0.29, 0.717) is 34.4 Å². The van der Waals surface area contributed by atoms with E-state index in [9.17, 15) is 53.4 Å². The van der Waals surface area contributed by atoms with Gasteiger partial charge in [-0.1, -0.05) is 78.9 Å². The van der Waals surface area contributed by atoms with Crippen LogP contribution in [0.5, 0.6) is 23.0 Å². The number of hydrogen-bond acceptors (Lipinski definition) is 20. The van der Waals surface area contributed by atoms with Crippen molar-refractivity contribution < 1.29 is 77.4 Å². The van der Waals surface area contributed by atoms with Gasteiger partial charge in [0, 0.05) is 73.7 Å². The number of unbranched alkanes of at least 4 members (excludes halogenated alkanes) is 1. The van der Waals surface area contributed by atoms with Gasteiger partial charge in [-0.3, -0.25) is 49.8 Å². The topological polar surface area (TPSA) is 571 Å². The molecule has 35 nitrogen and oxygen atoms in total. The number of guanidine groups is 3. The number of anilines is 1. The molecule has 7 amide bonds. The SMILES string of the molecule is N=C(N)NCCC[C@H](NC(=O)CNC(=O)[C@H](Cc1ccc2ccccc2c1)NC(=O)[C@@H](N)Cc1ccccc1)C(=O)N[C@@H](CCCNC(=N)N)C(=O)N[C@@H](CCCNC(=N)N)C(=O)N[C@@H](CCCCNC(=S)Nc1ccc2c(c1)C(=O)OC21c2ccc(O)cc2Oc2cc(O)ccc21)C(=O)NCCOCCOCC(=O)O. The number of rotatable bonds is 43. The van der Waals surface area contributed by atoms with Crippen molar-refractivity contribution in [2.45, 2.75) is 112 Å². The van der Waals surface area contributed by atoms with Crippen LogP contribution >= 0.6 is 12.2 Å². The van der Waals surface area contributed by atoms with Crippen molar-refractivity contribution in [3.05, 3.63) is 161 Å². The number of phenolic OH excluding ortho intramolecular Hbond substituents is 2. The summed E-state index contributed by atoms with van der Waals surface area (Å²) in [5, 5.41) is 87.7. The van der Waals surface area contributed by atoms with Gasteiger partial charge in [-0.25, -0.2) is 9.59 Å². The molecular formula is C75H95N19O16S. The molecular weight excluding hydrogens is 1460 g/mol. The molecule has 6 aromatic carbocycles. The number of hydrogen-bond donors (Lipinski definition) is 22. The summed E-state index contributed by atoms with van der Waals surface area (Å²) in [5.74, 6) is -8.22. The number of carboxylic acids is 1. The Morgan fingerprint density at radius 2 is 1.00 bits per heavy atom. The number of benzene rings is 6. The number of thiocarbonyl (C=S) groups is 1. The molecule has 0 aromatic heterocycles. The van der Waals surface area contributed by atoms with E-state index < -0.39 is 108 Å². The Kier molecular flexibility index (Phi) is 31.7. The number of esters is 1. The Bertz CT molecular complexity index is 4300. The summed E-state index contributed by atoms with van der Waals surface area (Å²) in [7, 11) is 0. The number of phenols is 2. The molecule has 36 heteroatoms. The number of ether oxygens (including phenoxy) is 4. The predicted molar refractivity (Wildman–Crippen MR) is 414 cm³/mol. The van der Waals surface area contributed by atoms with Gasteiger partial charge in [0.05, 0.1) is 38.0 Å². The molecule has 0 aliphatic carbocycles. The van der Waals surface area contributed by atoms with Crippen molar-refractivity contribution in [1.29, 1.82) is 16.2 Å². The van der Waals surface area contributed by atoms with Crippen LogP contribution in [-0.2, 0) is 71.0 Å². The van der Waals surface area contributed by atoms with Gasteiger partial charge in [-0.2, -0.15) is 0 Å². The molecule has 0 radical (unpaired) electrons. The number of carboxylic acid groups (broad SMARTS) is 1. The van der Waals surface area contributed by atoms with Crippen LogP contribution in [0.3, 0.4) is 0 Å². The van der Waals surface area contributed by atoms with E-state index in [1.807, 2.05) is 60.7 Å². The van der Waals surface area contributed by atoms with E-state index >= 15 is 0 Å². The van der Waals surface area contributed by atoms with Crippen molar-refractivity contribution >= 4 is 105 Å². The van der Waals surface area contributed by atoms with Gasteiger partial charge in [-0.15, -0.1) is 0 Å². The van der Waals surface area contributed by atoms with Crippen molar-refractivity contribution in [2.24, 2.45) is 22.9 Å². The first kappa shape index (κ1) is 84.2. The van der Waals surface area contributed by atoms with Crippen LogP contribution in [0.4, 0.5) is 5.69 Å². The zero-order valence-electron chi connectivity index (χ0n) is 60.8. The molecule has 0 fully saturated rings. The van der Waals surface area contributed by atoms with Gasteiger partial charge in [0.15, 0.2) is 28.6 Å². The Labute approximate surface area is 644 Å². The quantitative estimate of drug-likeness (QED) is 0.00821. The minimum atomic E-state index is -1.49. The second-order valence-electron chi connectivity index (χ2n) is 26.2. The number of aliphatic carboxylic acids is 1. The van der Waals surface area contributed by atoms with Crippen molar-refractivity contribution in [3.63, 3.8) is 0 Å². The van der Waals surface area contributed by atoms with Crippen molar-refractivity contribution in [3.8, 4) is 23.0 Å². The summed E-state index contributed by atoms with van der Waals surface area (Å²) >= 11 is 5.66. The standard InChI is InChI=1S/C75H95N19O16S/c76-54(36-43-11-2-1-3-12-43)64(100)94-59(37-44-19-20-45-13-4-5-14-46(45)35-44)66(102)88-41-62(97)90-56(16-8-28-84-71(77)78)67(103)92-58(18-10-30-86-73(81)82)69(105)93-57(17-9-29-85-72(79)80)68(104)91-55(65(101)83-31-32-107-33-34-108-42-63(98)99)15-6-7-27-87-74(111)89-47-21-24-51-50(38-47)70(106)110-75(51)52-25-22-48(95)39-60(52)109-61-40-49(96)23-26-53(61)75/h1-5,11-14,19-26,35,38-40,54-59,95-96H,6-10,15-18,27-34,36-37,41-42,76H2,(H,83,101)(H,88,102)(H,90,97)(H,91,104)(H,92,103)(H,93,105)(H,94,100)(H,98,99)(H4,77,78,84)(H4,79,80,85)(H4,81,82,86)(H2,87,89,111)/t54-,55-,56-,57-,58-,59-/m0/s1. The fourth-order valence-electron chi connectivity index (χ4n) is 12.4. The predicted octanol–water partition coefficient (Wildman–Crippen LogP) is 0.652. The van der Waals surface area contributed by atoms with Crippen LogP contribution in [0.15, 0.2) is 127 Å². The zero-order chi connectivity index (χ0) is 80.0. The number of aromatic hydroxyl groups is 2. The molecule has 0 saturated heterocycles. The number of fused-ring (bicyclic) bond motifs is 7. The summed E-state index contributed by atoms with van der Waals surface area (Å²) in [6.45, 7) is -0.967. The first-order valence-corrected chi connectivity index (χ1v) is 36.4. The smallest absolute Gasteiger partial charge is 0.340 e. The average molecular weight is 1550 g/mol. The Balaban J connectivity index is 0.942. The van der Waals surface area contributed by atoms with Crippen LogP contribution in [-0.4, -0.2) is 194 Å². The second-order valence-corrected chi connectivity index (χ2v) is 26.6. The molecule has 0 bridgehead atoms. The number of carbonyl (C=O) groups excluding carboxylic acids is 8. The van der Waals surface area contributed by atoms with E-state index in [0.717, 1.165) is 16.3 Å². The summed E-state index contributed by atoms with van der Waals surface area (Å²) in [4.78, 5) is 125. The third kappa shape index (κ3) is 25.6. The van der Waals surface area contributed by atoms with Gasteiger partial charge in [0.1, 0.15) is 59.8 Å². The van der Waals surface area contributed by atoms with Crippen LogP contribution in [0.2, 0.25) is 0 Å². The fraction of sp³-hybridized carbons (Fsp3) is 0.373. The van der Waals surface area contributed by atoms with E-state index in [2.05, 4.69) is 63.8 Å². The first-order chi connectivity index (χ1) is 53.3. The van der Waals surface area contributed by atoms with Crippen LogP contribution < -0.4 is 91.5 Å². The number of carbonyl (C=O) groups is 9. The Morgan fingerprint density at radius 3 is 1.59 bits per heavy atom. The van der Waals surface area contributed by atoms with Gasteiger partial charge < -0.3 is 121 Å². The van der Waals surface area contributed by atoms with Gasteiger partial charge in [-0.05, 0) is 135 Å². The lowest BCUT2D eigenvalue weighted by molar-refractivity contribution is -0.142. The lowest BCUT2D eigenvalue weighted by atomic mass is 9.77. The summed E-state index contributed by atoms with van der Waals surface area (Å²) in [5.41, 5.74) is 25.0. The first-order valence-electron chi connectivity index (χ1n) is 36.0. The molecule has 2 aliphatic heterocycles. The maximum Gasteiger partial charge on any atom is 0.340 e. The largest absolute Gasteiger partial charge is 0.508 e. The molecule has 2 heterocycles. The number of nitrogens with one attached hydrogen (secondary N) is 15. The van der Waals surface area contributed by atoms with Crippen LogP contribution in [0.1, 0.15) is 96.0 Å². The highest BCUT2D eigenvalue weighted by atomic mass is 32.1. The maximum atomic E-state index is 14.8. The third-order valence-corrected chi connectivity index (χ3v) is 18.1. The molecule has 0 unspecified atom stereocenters. The maximum absolute atomic E-state index is 14.8. The summed E-state index contributed by atoms with van der Waals surface area (Å²) in [6.07, 6.45) is 0.801. The average Bonchev–Trinajstić information content (AvgIpc) is 1.58. The molecule has 26 N–H and O–H groups in total. The minimum absolute atomic E-state index is 0.000918. The van der Waals surface area contributed by atoms with E-state index in [1.54, 1.807) is 42.5 Å². The van der Waals surface area contributed by atoms with Gasteiger partial charge >= 0.3 is 11.9 Å². The monoisotopic (exact) mass is 1550 g/mol. The van der Waals surface area contributed by atoms with E-state index in [-0.39, 0.29) is 168 Å². The van der Waals surface area contributed by atoms with Crippen LogP contribution in [0.25, 0.3) is 10.8 Å². The molecule has 6 atom stereocenters. The summed E-state index contributed by atoms with van der Waals surface area (Å²) < 4.78 is 22.8. The molecule has 111 heavy (non-hydrogen) atoms. The van der Waals surface area contributed by atoms with E-state index in [4.69, 9.17) is 75.4 Å². The molecule has 1 spiro atoms. The van der Waals surface area contributed by atoms with Gasteiger partial charge in [0.25, 0.3) is 0 Å². The zero-order valence-corrected chi connectivity index (χ0v) is 61.6. The fourth-order valence-corrected chi connectivity index (χ4v) is 12.7. The summed E-state index contributed by atoms with van der Waals surface area (Å²) in [6, 6.07) is 28.2. The molecule has 592 valence electrons. The van der Waals surface area contributed by atoms with Gasteiger partial charge in [0.2, 0.25) is 41.4 Å². The Morgan fingerprint density at radius 1 is 0.486 bits per heavy atom. The molecule has 2 aliphatic rings. The molecule has 0 saturated carbocycles. The molecule has 8 rings (SSSR count). The highest BCUT2D eigenvalue weighted by molar-refractivity contribution is 7.80. The number of nitrogens with two attached hydrogens (primary N) is 4. The second kappa shape index (κ2) is 41.8.